The highest BCUT2D eigenvalue weighted by Crippen LogP contribution is 2.38. The number of rotatable bonds is 11. The van der Waals surface area contributed by atoms with Gasteiger partial charge in [0.2, 0.25) is 5.91 Å². The van der Waals surface area contributed by atoms with E-state index in [4.69, 9.17) is 9.84 Å². The zero-order chi connectivity index (χ0) is 29.4. The normalized spacial score (nSPS) is 17.3. The standard InChI is InChI=1S/C31H33F3N2O5/c1-40-27-13-12-24(41-31(32,33)34)18-23(27)19-35-26-16-17-36(28(37)14-15-29(38)39)20-25(26)30(21-8-4-2-5-9-21)22-10-6-3-7-11-22/h2-13,18,25-26,30,35H,14-17,19-20H2,1H3,(H,38,39)/t25-,26+/m0/s1. The van der Waals surface area contributed by atoms with Gasteiger partial charge in [-0.1, -0.05) is 60.7 Å². The van der Waals surface area contributed by atoms with E-state index in [-0.39, 0.29) is 48.9 Å². The predicted octanol–water partition coefficient (Wildman–Crippen LogP) is 5.60. The number of halogens is 3. The SMILES string of the molecule is COc1ccc(OC(F)(F)F)cc1CN[C@@H]1CCN(C(=O)CCC(=O)O)C[C@@H]1C(c1ccccc1)c1ccccc1. The molecule has 0 radical (unpaired) electrons. The molecular weight excluding hydrogens is 537 g/mol. The molecule has 1 heterocycles. The molecule has 0 saturated carbocycles. The molecule has 10 heteroatoms. The molecule has 0 aromatic heterocycles. The molecule has 218 valence electrons. The molecule has 3 aromatic carbocycles. The smallest absolute Gasteiger partial charge is 0.496 e. The number of ether oxygens (including phenoxy) is 2. The highest BCUT2D eigenvalue weighted by Gasteiger charge is 2.38. The number of methoxy groups -OCH3 is 1. The van der Waals surface area contributed by atoms with E-state index in [9.17, 15) is 22.8 Å². The number of alkyl halides is 3. The molecule has 7 nitrogen and oxygen atoms in total. The van der Waals surface area contributed by atoms with Crippen LogP contribution in [0.2, 0.25) is 0 Å². The molecule has 2 atom stereocenters. The van der Waals surface area contributed by atoms with Gasteiger partial charge in [-0.05, 0) is 35.7 Å². The largest absolute Gasteiger partial charge is 0.573 e. The number of carboxylic acids is 1. The number of hydrogen-bond donors (Lipinski definition) is 2. The molecule has 1 aliphatic heterocycles. The van der Waals surface area contributed by atoms with Crippen molar-refractivity contribution in [1.29, 1.82) is 0 Å². The van der Waals surface area contributed by atoms with Crippen LogP contribution >= 0.6 is 0 Å². The molecule has 41 heavy (non-hydrogen) atoms. The van der Waals surface area contributed by atoms with Crippen molar-refractivity contribution in [3.05, 3.63) is 95.6 Å². The number of benzene rings is 3. The first kappa shape index (κ1) is 29.9. The number of amides is 1. The summed E-state index contributed by atoms with van der Waals surface area (Å²) in [6.45, 7) is 1.03. The van der Waals surface area contributed by atoms with Gasteiger partial charge in [0.15, 0.2) is 0 Å². The average Bonchev–Trinajstić information content (AvgIpc) is 2.95. The minimum absolute atomic E-state index is 0.0787. The quantitative estimate of drug-likeness (QED) is 0.312. The van der Waals surface area contributed by atoms with Crippen molar-refractivity contribution in [2.75, 3.05) is 20.2 Å². The summed E-state index contributed by atoms with van der Waals surface area (Å²) < 4.78 is 48.1. The van der Waals surface area contributed by atoms with Crippen LogP contribution in [0.25, 0.3) is 0 Å². The van der Waals surface area contributed by atoms with Gasteiger partial charge in [0.25, 0.3) is 0 Å². The lowest BCUT2D eigenvalue weighted by atomic mass is 9.74. The van der Waals surface area contributed by atoms with E-state index in [1.807, 2.05) is 60.7 Å². The Balaban J connectivity index is 1.64. The van der Waals surface area contributed by atoms with E-state index in [1.54, 1.807) is 4.90 Å². The van der Waals surface area contributed by atoms with Gasteiger partial charge in [-0.3, -0.25) is 9.59 Å². The predicted molar refractivity (Wildman–Crippen MR) is 147 cm³/mol. The summed E-state index contributed by atoms with van der Waals surface area (Å²) in [5.41, 5.74) is 2.63. The van der Waals surface area contributed by atoms with Crippen molar-refractivity contribution in [3.8, 4) is 11.5 Å². The molecular formula is C31H33F3N2O5. The minimum Gasteiger partial charge on any atom is -0.496 e. The number of carbonyl (C=O) groups excluding carboxylic acids is 1. The first-order valence-corrected chi connectivity index (χ1v) is 13.4. The van der Waals surface area contributed by atoms with Crippen LogP contribution in [-0.4, -0.2) is 54.5 Å². The van der Waals surface area contributed by atoms with Crippen LogP contribution in [0, 0.1) is 5.92 Å². The lowest BCUT2D eigenvalue weighted by Gasteiger charge is -2.43. The lowest BCUT2D eigenvalue weighted by molar-refractivity contribution is -0.274. The second-order valence-corrected chi connectivity index (χ2v) is 9.99. The number of carboxylic acid groups (broad SMARTS) is 1. The van der Waals surface area contributed by atoms with Gasteiger partial charge in [0, 0.05) is 49.5 Å². The lowest BCUT2D eigenvalue weighted by Crippen LogP contribution is -2.53. The Kier molecular flexibility index (Phi) is 9.88. The molecule has 1 amide bonds. The maximum atomic E-state index is 13.0. The van der Waals surface area contributed by atoms with Crippen LogP contribution in [-0.2, 0) is 16.1 Å². The number of nitrogens with one attached hydrogen (secondary N) is 1. The van der Waals surface area contributed by atoms with Crippen molar-refractivity contribution in [2.24, 2.45) is 5.92 Å². The zero-order valence-electron chi connectivity index (χ0n) is 22.6. The molecule has 2 N–H and O–H groups in total. The van der Waals surface area contributed by atoms with Crippen molar-refractivity contribution in [2.45, 2.75) is 44.1 Å². The zero-order valence-corrected chi connectivity index (χ0v) is 22.6. The van der Waals surface area contributed by atoms with Crippen molar-refractivity contribution < 1.29 is 37.3 Å². The highest BCUT2D eigenvalue weighted by molar-refractivity contribution is 5.80. The van der Waals surface area contributed by atoms with E-state index in [0.717, 1.165) is 11.1 Å². The van der Waals surface area contributed by atoms with Gasteiger partial charge < -0.3 is 24.8 Å². The fourth-order valence-corrected chi connectivity index (χ4v) is 5.51. The summed E-state index contributed by atoms with van der Waals surface area (Å²) in [4.78, 5) is 25.8. The molecule has 1 aliphatic rings. The van der Waals surface area contributed by atoms with Crippen molar-refractivity contribution >= 4 is 11.9 Å². The Bertz CT molecular complexity index is 1260. The van der Waals surface area contributed by atoms with Crippen LogP contribution in [0.1, 0.15) is 41.9 Å². The molecule has 0 aliphatic carbocycles. The van der Waals surface area contributed by atoms with E-state index in [0.29, 0.717) is 30.8 Å². The second kappa shape index (κ2) is 13.5. The van der Waals surface area contributed by atoms with Crippen LogP contribution in [0.15, 0.2) is 78.9 Å². The number of hydrogen-bond acceptors (Lipinski definition) is 5. The third kappa shape index (κ3) is 8.23. The first-order chi connectivity index (χ1) is 19.6. The van der Waals surface area contributed by atoms with Crippen LogP contribution in [0.3, 0.4) is 0 Å². The highest BCUT2D eigenvalue weighted by atomic mass is 19.4. The van der Waals surface area contributed by atoms with E-state index >= 15 is 0 Å². The molecule has 1 fully saturated rings. The summed E-state index contributed by atoms with van der Waals surface area (Å²) in [5.74, 6) is -1.38. The fourth-order valence-electron chi connectivity index (χ4n) is 5.51. The number of nitrogens with zero attached hydrogens (tertiary/aromatic N) is 1. The molecule has 0 unspecified atom stereocenters. The maximum Gasteiger partial charge on any atom is 0.573 e. The van der Waals surface area contributed by atoms with E-state index in [2.05, 4.69) is 10.1 Å². The number of carbonyl (C=O) groups is 2. The van der Waals surface area contributed by atoms with Gasteiger partial charge in [0.1, 0.15) is 11.5 Å². The number of aliphatic carboxylic acids is 1. The first-order valence-electron chi connectivity index (χ1n) is 13.4. The average molecular weight is 571 g/mol. The Morgan fingerprint density at radius 2 is 1.63 bits per heavy atom. The Hall–Kier alpha value is -4.05. The Labute approximate surface area is 236 Å². The van der Waals surface area contributed by atoms with Gasteiger partial charge in [-0.25, -0.2) is 0 Å². The minimum atomic E-state index is -4.82. The Morgan fingerprint density at radius 3 is 2.20 bits per heavy atom. The fraction of sp³-hybridized carbons (Fsp3) is 0.355. The van der Waals surface area contributed by atoms with Crippen molar-refractivity contribution in [3.63, 3.8) is 0 Å². The summed E-state index contributed by atoms with van der Waals surface area (Å²) in [6.07, 6.45) is -4.56. The monoisotopic (exact) mass is 570 g/mol. The van der Waals surface area contributed by atoms with Crippen LogP contribution in [0.4, 0.5) is 13.2 Å². The summed E-state index contributed by atoms with van der Waals surface area (Å²) >= 11 is 0. The van der Waals surface area contributed by atoms with E-state index in [1.165, 1.54) is 25.3 Å². The third-order valence-corrected chi connectivity index (χ3v) is 7.35. The summed E-state index contributed by atoms with van der Waals surface area (Å²) in [7, 11) is 1.45. The van der Waals surface area contributed by atoms with Crippen LogP contribution < -0.4 is 14.8 Å². The maximum absolute atomic E-state index is 13.0. The number of piperidine rings is 1. The summed E-state index contributed by atoms with van der Waals surface area (Å²) in [6, 6.07) is 23.7. The molecule has 0 bridgehead atoms. The Morgan fingerprint density at radius 1 is 1.00 bits per heavy atom. The van der Waals surface area contributed by atoms with Crippen molar-refractivity contribution in [1.82, 2.24) is 10.2 Å². The second-order valence-electron chi connectivity index (χ2n) is 9.99. The number of likely N-dealkylation sites (tertiary alicyclic amines) is 1. The molecule has 0 spiro atoms. The molecule has 1 saturated heterocycles. The summed E-state index contributed by atoms with van der Waals surface area (Å²) in [5, 5.41) is 12.6. The van der Waals surface area contributed by atoms with Gasteiger partial charge in [-0.2, -0.15) is 0 Å². The van der Waals surface area contributed by atoms with Gasteiger partial charge in [-0.15, -0.1) is 13.2 Å². The third-order valence-electron chi connectivity index (χ3n) is 7.35. The van der Waals surface area contributed by atoms with Crippen LogP contribution in [0.5, 0.6) is 11.5 Å². The van der Waals surface area contributed by atoms with Gasteiger partial charge in [0.05, 0.1) is 13.5 Å². The topological polar surface area (TPSA) is 88.1 Å². The molecule has 3 aromatic rings. The molecule has 4 rings (SSSR count). The van der Waals surface area contributed by atoms with E-state index < -0.39 is 12.3 Å². The van der Waals surface area contributed by atoms with Gasteiger partial charge >= 0.3 is 12.3 Å².